The highest BCUT2D eigenvalue weighted by atomic mass is 32.3. The van der Waals surface area contributed by atoms with Gasteiger partial charge in [-0.25, -0.2) is 0 Å². The Balaban J connectivity index is 2.99. The van der Waals surface area contributed by atoms with E-state index in [1.807, 2.05) is 0 Å². The summed E-state index contributed by atoms with van der Waals surface area (Å²) in [6, 6.07) is 3.95. The zero-order valence-electron chi connectivity index (χ0n) is 8.45. The molecule has 1 aromatic carbocycles. The van der Waals surface area contributed by atoms with E-state index in [0.717, 1.165) is 24.3 Å². The lowest BCUT2D eigenvalue weighted by molar-refractivity contribution is -0.131. The zero-order chi connectivity index (χ0) is 13.2. The maximum absolute atomic E-state index is 12.5. The predicted molar refractivity (Wildman–Crippen MR) is 54.9 cm³/mol. The van der Waals surface area contributed by atoms with E-state index >= 15 is 0 Å². The van der Waals surface area contributed by atoms with Crippen LogP contribution in [0, 0.1) is 0 Å². The Morgan fingerprint density at radius 2 is 1.71 bits per heavy atom. The fraction of sp³-hybridized carbons (Fsp3) is 0.222. The van der Waals surface area contributed by atoms with Gasteiger partial charge in [0.25, 0.3) is 0 Å². The van der Waals surface area contributed by atoms with E-state index in [2.05, 4.69) is 0 Å². The second kappa shape index (κ2) is 4.78. The summed E-state index contributed by atoms with van der Waals surface area (Å²) in [5, 5.41) is 18.6. The smallest absolute Gasteiger partial charge is 0.332 e. The van der Waals surface area contributed by atoms with E-state index in [4.69, 9.17) is 10.8 Å². The van der Waals surface area contributed by atoms with Gasteiger partial charge in [0.05, 0.1) is 4.90 Å². The number of hydrogen-bond donors (Lipinski definition) is 3. The number of benzene rings is 1. The third kappa shape index (κ3) is 3.22. The molecule has 17 heavy (non-hydrogen) atoms. The molecule has 6 nitrogen and oxygen atoms in total. The van der Waals surface area contributed by atoms with Crippen LogP contribution in [0.3, 0.4) is 0 Å². The van der Waals surface area contributed by atoms with Gasteiger partial charge in [0.1, 0.15) is 6.10 Å². The molecule has 94 valence electrons. The Morgan fingerprint density at radius 3 is 2.06 bits per heavy atom. The number of carbonyl (C=O) groups is 1. The molecule has 0 aliphatic rings. The topological polar surface area (TPSA) is 118 Å². The van der Waals surface area contributed by atoms with Gasteiger partial charge in [0, 0.05) is 0 Å². The van der Waals surface area contributed by atoms with Gasteiger partial charge in [-0.15, -0.1) is 3.89 Å². The first kappa shape index (κ1) is 13.6. The molecule has 1 aromatic rings. The molecule has 0 spiro atoms. The van der Waals surface area contributed by atoms with E-state index in [1.165, 1.54) is 0 Å². The number of halogens is 1. The second-order valence-electron chi connectivity index (χ2n) is 3.30. The molecule has 8 heteroatoms. The Labute approximate surface area is 96.7 Å². The Bertz CT molecular complexity index is 513. The average Bonchev–Trinajstić information content (AvgIpc) is 2.26. The van der Waals surface area contributed by atoms with Crippen LogP contribution in [-0.4, -0.2) is 30.6 Å². The first-order valence-electron chi connectivity index (χ1n) is 4.43. The molecule has 1 amide bonds. The lowest BCUT2D eigenvalue weighted by Gasteiger charge is -2.14. The lowest BCUT2D eigenvalue weighted by Crippen LogP contribution is -2.33. The maximum atomic E-state index is 12.5. The second-order valence-corrected chi connectivity index (χ2v) is 4.65. The first-order valence-corrected chi connectivity index (χ1v) is 5.82. The molecule has 1 rings (SSSR count). The average molecular weight is 263 g/mol. The molecule has 4 N–H and O–H groups in total. The van der Waals surface area contributed by atoms with Crippen molar-refractivity contribution in [1.82, 2.24) is 0 Å². The minimum Gasteiger partial charge on any atom is -0.385 e. The Morgan fingerprint density at radius 1 is 1.24 bits per heavy atom. The van der Waals surface area contributed by atoms with Crippen LogP contribution in [0.2, 0.25) is 0 Å². The van der Waals surface area contributed by atoms with Crippen LogP contribution >= 0.6 is 0 Å². The number of primary amides is 1. The van der Waals surface area contributed by atoms with Gasteiger partial charge in [0.2, 0.25) is 5.91 Å². The maximum Gasteiger partial charge on any atom is 0.332 e. The standard InChI is InChI=1S/C9H10FNO5S/c10-17(15,16)6-3-1-5(2-4-6)7(12)8(13)9(11)14/h1-4,7-8,12-13H,(H2,11,14). The summed E-state index contributed by atoms with van der Waals surface area (Å²) >= 11 is 0. The summed E-state index contributed by atoms with van der Waals surface area (Å²) < 4.78 is 33.5. The third-order valence-electron chi connectivity index (χ3n) is 2.09. The van der Waals surface area contributed by atoms with Crippen LogP contribution in [0.5, 0.6) is 0 Å². The van der Waals surface area contributed by atoms with Crippen LogP contribution in [0.15, 0.2) is 29.2 Å². The molecule has 0 saturated heterocycles. The largest absolute Gasteiger partial charge is 0.385 e. The predicted octanol–water partition coefficient (Wildman–Crippen LogP) is -0.776. The van der Waals surface area contributed by atoms with Crippen molar-refractivity contribution in [3.05, 3.63) is 29.8 Å². The van der Waals surface area contributed by atoms with E-state index in [1.54, 1.807) is 0 Å². The van der Waals surface area contributed by atoms with Crippen LogP contribution in [0.25, 0.3) is 0 Å². The van der Waals surface area contributed by atoms with Crippen molar-refractivity contribution in [3.63, 3.8) is 0 Å². The molecule has 0 aliphatic heterocycles. The summed E-state index contributed by atoms with van der Waals surface area (Å²) in [6.45, 7) is 0. The van der Waals surface area contributed by atoms with Crippen LogP contribution in [-0.2, 0) is 15.0 Å². The van der Waals surface area contributed by atoms with Gasteiger partial charge in [-0.3, -0.25) is 4.79 Å². The number of carbonyl (C=O) groups excluding carboxylic acids is 1. The van der Waals surface area contributed by atoms with Crippen LogP contribution in [0.4, 0.5) is 3.89 Å². The summed E-state index contributed by atoms with van der Waals surface area (Å²) in [4.78, 5) is 10.0. The molecular weight excluding hydrogens is 253 g/mol. The molecule has 0 aromatic heterocycles. The summed E-state index contributed by atoms with van der Waals surface area (Å²) in [7, 11) is -4.82. The molecule has 0 fully saturated rings. The molecular formula is C9H10FNO5S. The normalized spacial score (nSPS) is 15.2. The van der Waals surface area contributed by atoms with E-state index < -0.39 is 33.2 Å². The quantitative estimate of drug-likeness (QED) is 0.616. The van der Waals surface area contributed by atoms with Gasteiger partial charge in [0.15, 0.2) is 6.10 Å². The summed E-state index contributed by atoms with van der Waals surface area (Å²) in [6.07, 6.45) is -3.41. The Kier molecular flexibility index (Phi) is 3.81. The lowest BCUT2D eigenvalue weighted by atomic mass is 10.0. The minimum atomic E-state index is -4.82. The highest BCUT2D eigenvalue weighted by molar-refractivity contribution is 7.86. The summed E-state index contributed by atoms with van der Waals surface area (Å²) in [5.41, 5.74) is 4.81. The van der Waals surface area contributed by atoms with Crippen molar-refractivity contribution in [2.24, 2.45) is 5.73 Å². The number of hydrogen-bond acceptors (Lipinski definition) is 5. The van der Waals surface area contributed by atoms with E-state index in [-0.39, 0.29) is 5.56 Å². The van der Waals surface area contributed by atoms with Gasteiger partial charge in [-0.2, -0.15) is 8.42 Å². The summed E-state index contributed by atoms with van der Waals surface area (Å²) in [5.74, 6) is -1.13. The first-order chi connectivity index (χ1) is 7.73. The fourth-order valence-electron chi connectivity index (χ4n) is 1.17. The van der Waals surface area contributed by atoms with Gasteiger partial charge < -0.3 is 15.9 Å². The minimum absolute atomic E-state index is 0.0451. The molecule has 2 unspecified atom stereocenters. The van der Waals surface area contributed by atoms with Gasteiger partial charge >= 0.3 is 10.2 Å². The van der Waals surface area contributed by atoms with Crippen molar-refractivity contribution in [2.75, 3.05) is 0 Å². The number of aliphatic hydroxyl groups is 2. The number of aliphatic hydroxyl groups excluding tert-OH is 2. The highest BCUT2D eigenvalue weighted by Gasteiger charge is 2.23. The monoisotopic (exact) mass is 263 g/mol. The molecule has 0 radical (unpaired) electrons. The van der Waals surface area contributed by atoms with Crippen molar-refractivity contribution >= 4 is 16.1 Å². The zero-order valence-corrected chi connectivity index (χ0v) is 9.26. The highest BCUT2D eigenvalue weighted by Crippen LogP contribution is 2.20. The molecule has 0 aliphatic carbocycles. The van der Waals surface area contributed by atoms with Crippen molar-refractivity contribution in [2.45, 2.75) is 17.1 Å². The van der Waals surface area contributed by atoms with Crippen molar-refractivity contribution in [1.29, 1.82) is 0 Å². The van der Waals surface area contributed by atoms with E-state index in [0.29, 0.717) is 0 Å². The van der Waals surface area contributed by atoms with Crippen LogP contribution < -0.4 is 5.73 Å². The van der Waals surface area contributed by atoms with Crippen molar-refractivity contribution < 1.29 is 27.3 Å². The Hall–Kier alpha value is -1.51. The molecule has 0 saturated carbocycles. The number of rotatable bonds is 4. The van der Waals surface area contributed by atoms with Crippen molar-refractivity contribution in [3.8, 4) is 0 Å². The van der Waals surface area contributed by atoms with Gasteiger partial charge in [-0.1, -0.05) is 12.1 Å². The fourth-order valence-corrected chi connectivity index (χ4v) is 1.63. The third-order valence-corrected chi connectivity index (χ3v) is 2.93. The number of amides is 1. The molecule has 2 atom stereocenters. The SMILES string of the molecule is NC(=O)C(O)C(O)c1ccc(S(=O)(=O)F)cc1. The molecule has 0 bridgehead atoms. The van der Waals surface area contributed by atoms with Crippen LogP contribution in [0.1, 0.15) is 11.7 Å². The molecule has 0 heterocycles. The number of nitrogens with two attached hydrogens (primary N) is 1. The van der Waals surface area contributed by atoms with E-state index in [9.17, 15) is 22.2 Å². The van der Waals surface area contributed by atoms with Gasteiger partial charge in [-0.05, 0) is 17.7 Å².